The molecule has 19 nitrogen and oxygen atoms in total. The fourth-order valence-electron chi connectivity index (χ4n) is 10.6. The van der Waals surface area contributed by atoms with E-state index in [0.29, 0.717) is 69.5 Å². The van der Waals surface area contributed by atoms with Crippen molar-refractivity contribution in [2.24, 2.45) is 5.92 Å². The second-order valence-electron chi connectivity index (χ2n) is 20.0. The van der Waals surface area contributed by atoms with Gasteiger partial charge in [-0.25, -0.2) is 35.9 Å². The topological polar surface area (TPSA) is 233 Å². The molecule has 2 heterocycles. The fourth-order valence-corrected chi connectivity index (χ4v) is 13.8. The summed E-state index contributed by atoms with van der Waals surface area (Å²) >= 11 is 25.7. The highest BCUT2D eigenvalue weighted by Gasteiger charge is 2.45. The first-order chi connectivity index (χ1) is 38.6. The molecule has 2 saturated heterocycles. The first-order valence-corrected chi connectivity index (χ1v) is 31.7. The number of carbonyl (C=O) groups excluding carboxylic acids is 2. The van der Waals surface area contributed by atoms with Crippen LogP contribution < -0.4 is 40.2 Å². The first-order valence-electron chi connectivity index (χ1n) is 27.2. The molecule has 4 amide bonds. The van der Waals surface area contributed by atoms with E-state index in [4.69, 9.17) is 74.8 Å². The second kappa shape index (κ2) is 30.4. The smallest absolute Gasteiger partial charge is 0.314 e. The maximum absolute atomic E-state index is 13.1. The van der Waals surface area contributed by atoms with E-state index < -0.39 is 20.0 Å². The zero-order chi connectivity index (χ0) is 56.5. The van der Waals surface area contributed by atoms with E-state index in [1.165, 1.54) is 49.9 Å². The van der Waals surface area contributed by atoms with Gasteiger partial charge in [-0.2, -0.15) is 0 Å². The molecule has 4 aromatic rings. The molecule has 25 heteroatoms. The number of hydrogen-bond acceptors (Lipinski definition) is 13. The molecular formula is C55H71Cl4N7O12S2. The summed E-state index contributed by atoms with van der Waals surface area (Å²) in [7, 11) is -7.55. The van der Waals surface area contributed by atoms with Crippen molar-refractivity contribution in [3.63, 3.8) is 0 Å². The predicted octanol–water partition coefficient (Wildman–Crippen LogP) is 7.99. The Kier molecular flexibility index (Phi) is 23.5. The molecule has 6 N–H and O–H groups in total. The van der Waals surface area contributed by atoms with Crippen molar-refractivity contribution in [3.05, 3.63) is 115 Å². The van der Waals surface area contributed by atoms with Crippen molar-refractivity contribution in [1.29, 1.82) is 0 Å². The summed E-state index contributed by atoms with van der Waals surface area (Å²) in [5.41, 5.74) is 4.01. The number of benzene rings is 4. The molecule has 3 aliphatic carbocycles. The minimum absolute atomic E-state index is 0.0720. The number of hydrogen-bond donors (Lipinski definition) is 6. The third-order valence-electron chi connectivity index (χ3n) is 14.5. The van der Waals surface area contributed by atoms with Crippen molar-refractivity contribution < 1.29 is 54.8 Å². The molecule has 2 bridgehead atoms. The fraction of sp³-hybridized carbons (Fsp3) is 0.527. The van der Waals surface area contributed by atoms with Gasteiger partial charge < -0.3 is 49.7 Å². The van der Waals surface area contributed by atoms with E-state index >= 15 is 0 Å². The summed E-state index contributed by atoms with van der Waals surface area (Å²) in [6, 6.07) is 19.9. The average molecular weight is 1230 g/mol. The summed E-state index contributed by atoms with van der Waals surface area (Å²) in [5.74, 6) is 1.80. The summed E-state index contributed by atoms with van der Waals surface area (Å²) < 4.78 is 91.6. The number of carbonyl (C=O) groups is 2. The molecule has 0 spiro atoms. The number of rotatable bonds is 32. The number of nitrogens with zero attached hydrogens (tertiary/aromatic N) is 1. The van der Waals surface area contributed by atoms with Gasteiger partial charge in [0.1, 0.15) is 23.7 Å². The van der Waals surface area contributed by atoms with Crippen LogP contribution in [-0.4, -0.2) is 145 Å². The maximum atomic E-state index is 13.1. The Bertz CT molecular complexity index is 2910. The van der Waals surface area contributed by atoms with Crippen LogP contribution in [0.3, 0.4) is 0 Å². The van der Waals surface area contributed by atoms with Gasteiger partial charge in [-0.15, -0.1) is 0 Å². The highest BCUT2D eigenvalue weighted by atomic mass is 35.5. The number of nitrogens with one attached hydrogen (secondary N) is 6. The van der Waals surface area contributed by atoms with E-state index in [-0.39, 0.29) is 119 Å². The normalized spacial score (nSPS) is 19.6. The van der Waals surface area contributed by atoms with Gasteiger partial charge in [-0.3, -0.25) is 4.90 Å². The molecule has 3 atom stereocenters. The molecule has 0 aromatic heterocycles. The summed E-state index contributed by atoms with van der Waals surface area (Å²) in [6.07, 6.45) is 8.03. The summed E-state index contributed by atoms with van der Waals surface area (Å²) in [4.78, 5) is 27.0. The number of sulfonamides is 2. The van der Waals surface area contributed by atoms with E-state index in [1.807, 2.05) is 12.1 Å². The van der Waals surface area contributed by atoms with Gasteiger partial charge in [0.2, 0.25) is 20.0 Å². The predicted molar refractivity (Wildman–Crippen MR) is 307 cm³/mol. The highest BCUT2D eigenvalue weighted by molar-refractivity contribution is 7.89. The monoisotopic (exact) mass is 1230 g/mol. The summed E-state index contributed by atoms with van der Waals surface area (Å²) in [6.45, 7) is 4.45. The van der Waals surface area contributed by atoms with Crippen LogP contribution in [0.4, 0.5) is 9.59 Å². The first kappa shape index (κ1) is 61.9. The van der Waals surface area contributed by atoms with Crippen LogP contribution in [-0.2, 0) is 51.8 Å². The summed E-state index contributed by atoms with van der Waals surface area (Å²) in [5, 5.41) is 13.3. The molecule has 80 heavy (non-hydrogen) atoms. The van der Waals surface area contributed by atoms with Crippen LogP contribution in [0, 0.1) is 5.92 Å². The lowest BCUT2D eigenvalue weighted by atomic mass is 9.79. The molecular weight excluding hydrogens is 1160 g/mol. The van der Waals surface area contributed by atoms with Crippen molar-refractivity contribution >= 4 is 78.5 Å². The van der Waals surface area contributed by atoms with Crippen LogP contribution in [0.1, 0.15) is 79.4 Å². The Hall–Kier alpha value is -4.20. The van der Waals surface area contributed by atoms with Crippen LogP contribution in [0.2, 0.25) is 20.1 Å². The molecule has 9 rings (SSSR count). The Morgan fingerprint density at radius 1 is 0.525 bits per heavy atom. The SMILES string of the molecule is O=C(NCCCCNC(=O)NCCOCCOCCNS(=O)(=O)c1ccc(O[C@H]2c3cc(Cl)cc(Cl)c3C[C@@H]2N2CC3CCC2CC3)cc1)NCCOCCOCCNS(=O)(=O)c1ccc(O[C@@H]2CCc3c(Cl)cc(Cl)cc32)cc1. The van der Waals surface area contributed by atoms with Gasteiger partial charge in [-0.1, -0.05) is 46.4 Å². The molecule has 0 unspecified atom stereocenters. The number of fused-ring (bicyclic) bond motifs is 5. The minimum Gasteiger partial charge on any atom is -0.486 e. The Balaban J connectivity index is 0.572. The minimum atomic E-state index is -3.80. The molecule has 3 fully saturated rings. The molecule has 438 valence electrons. The van der Waals surface area contributed by atoms with Crippen molar-refractivity contribution in [2.75, 3.05) is 98.7 Å². The molecule has 5 aliphatic rings. The average Bonchev–Trinajstić information content (AvgIpc) is 4.04. The third kappa shape index (κ3) is 17.9. The van der Waals surface area contributed by atoms with Crippen LogP contribution in [0.5, 0.6) is 11.5 Å². The highest BCUT2D eigenvalue weighted by Crippen LogP contribution is 2.47. The lowest BCUT2D eigenvalue weighted by Gasteiger charge is -2.49. The number of amides is 4. The van der Waals surface area contributed by atoms with Crippen LogP contribution in [0.25, 0.3) is 0 Å². The van der Waals surface area contributed by atoms with E-state index in [0.717, 1.165) is 48.1 Å². The van der Waals surface area contributed by atoms with E-state index in [9.17, 15) is 26.4 Å². The number of halogens is 4. The van der Waals surface area contributed by atoms with Gasteiger partial charge in [0.05, 0.1) is 68.7 Å². The Labute approximate surface area is 489 Å². The molecule has 0 radical (unpaired) electrons. The standard InChI is InChI=1S/C55H71Cl4N7O12S2/c56-38-31-47-45(49(58)33-38)15-16-52(47)77-41-7-11-43(12-8-41)79(69,70)64-21-25-75-29-27-73-23-19-62-54(67)60-17-1-2-18-61-55(68)63-20-24-74-28-30-76-26-22-65-80(71,72)44-13-9-42(10-14-44)78-53-48-32-39(57)34-50(59)46(48)35-51(53)66-36-37-3-5-40(66)6-4-37/h7-14,31-34,37,40,51-53,64-65H,1-6,15-30,35-36H2,(H2,60,62,67)(H2,61,63,68)/t37?,40?,51-,52+,53-/m0/s1. The second-order valence-corrected chi connectivity index (χ2v) is 25.2. The number of unbranched alkanes of at least 4 members (excludes halogenated alkanes) is 1. The zero-order valence-electron chi connectivity index (χ0n) is 44.5. The number of piperidine rings is 2. The van der Waals surface area contributed by atoms with Gasteiger partial charge in [0.15, 0.2) is 0 Å². The van der Waals surface area contributed by atoms with Crippen LogP contribution >= 0.6 is 46.4 Å². The largest absolute Gasteiger partial charge is 0.486 e. The van der Waals surface area contributed by atoms with Gasteiger partial charge in [0.25, 0.3) is 0 Å². The van der Waals surface area contributed by atoms with Crippen molar-refractivity contribution in [3.8, 4) is 11.5 Å². The number of urea groups is 2. The molecule has 4 aromatic carbocycles. The maximum Gasteiger partial charge on any atom is 0.314 e. The Morgan fingerprint density at radius 2 is 0.988 bits per heavy atom. The van der Waals surface area contributed by atoms with Gasteiger partial charge in [0, 0.05) is 77.5 Å². The quantitative estimate of drug-likeness (QED) is 0.0255. The lowest BCUT2D eigenvalue weighted by Crippen LogP contribution is -2.54. The molecule has 1 saturated carbocycles. The van der Waals surface area contributed by atoms with Gasteiger partial charge in [-0.05, 0) is 153 Å². The van der Waals surface area contributed by atoms with Crippen molar-refractivity contribution in [2.45, 2.75) is 91.9 Å². The zero-order valence-corrected chi connectivity index (χ0v) is 49.1. The van der Waals surface area contributed by atoms with Crippen LogP contribution in [0.15, 0.2) is 82.6 Å². The Morgan fingerprint density at radius 3 is 1.49 bits per heavy atom. The lowest BCUT2D eigenvalue weighted by molar-refractivity contribution is -0.0228. The molecule has 2 aliphatic heterocycles. The van der Waals surface area contributed by atoms with E-state index in [2.05, 4.69) is 35.6 Å². The van der Waals surface area contributed by atoms with Gasteiger partial charge >= 0.3 is 12.1 Å². The van der Waals surface area contributed by atoms with Crippen molar-refractivity contribution in [1.82, 2.24) is 35.6 Å². The number of ether oxygens (including phenoxy) is 6. The third-order valence-corrected chi connectivity index (χ3v) is 18.6. The van der Waals surface area contributed by atoms with E-state index in [1.54, 1.807) is 36.4 Å².